The third-order valence-electron chi connectivity index (χ3n) is 4.31. The molecule has 8 heteroatoms. The van der Waals surface area contributed by atoms with Crippen LogP contribution in [0.15, 0.2) is 42.5 Å². The highest BCUT2D eigenvalue weighted by Crippen LogP contribution is 2.28. The SMILES string of the molecule is CC(C)C(NC(=O)c1c(F)cccc1F)C(=O)N(C)c1nc2ccccc2s1. The molecule has 0 saturated carbocycles. The molecule has 0 aliphatic rings. The number of benzene rings is 2. The highest BCUT2D eigenvalue weighted by atomic mass is 32.1. The Labute approximate surface area is 165 Å². The molecule has 0 saturated heterocycles. The van der Waals surface area contributed by atoms with Gasteiger partial charge in [-0.15, -0.1) is 0 Å². The van der Waals surface area contributed by atoms with Crippen molar-refractivity contribution >= 4 is 38.5 Å². The molecule has 0 aliphatic carbocycles. The number of carbonyl (C=O) groups is 2. The van der Waals surface area contributed by atoms with Gasteiger partial charge in [-0.1, -0.05) is 43.4 Å². The van der Waals surface area contributed by atoms with E-state index >= 15 is 0 Å². The molecule has 0 aliphatic heterocycles. The standard InChI is InChI=1S/C20H19F2N3O2S/c1-11(2)17(24-18(26)16-12(21)7-6-8-13(16)22)19(27)25(3)20-23-14-9-4-5-10-15(14)28-20/h4-11,17H,1-3H3,(H,24,26). The monoisotopic (exact) mass is 403 g/mol. The highest BCUT2D eigenvalue weighted by Gasteiger charge is 2.30. The third-order valence-corrected chi connectivity index (χ3v) is 5.42. The average Bonchev–Trinajstić information content (AvgIpc) is 3.08. The molecule has 2 aromatic carbocycles. The van der Waals surface area contributed by atoms with E-state index in [0.29, 0.717) is 5.13 Å². The van der Waals surface area contributed by atoms with Gasteiger partial charge >= 0.3 is 0 Å². The summed E-state index contributed by atoms with van der Waals surface area (Å²) in [5, 5.41) is 2.94. The third kappa shape index (κ3) is 3.87. The van der Waals surface area contributed by atoms with E-state index in [1.807, 2.05) is 24.3 Å². The Morgan fingerprint density at radius 3 is 2.32 bits per heavy atom. The quantitative estimate of drug-likeness (QED) is 0.701. The molecule has 3 rings (SSSR count). The van der Waals surface area contributed by atoms with Crippen LogP contribution in [0.3, 0.4) is 0 Å². The van der Waals surface area contributed by atoms with Gasteiger partial charge in [-0.25, -0.2) is 13.8 Å². The summed E-state index contributed by atoms with van der Waals surface area (Å²) in [7, 11) is 1.56. The van der Waals surface area contributed by atoms with Crippen molar-refractivity contribution in [2.24, 2.45) is 5.92 Å². The van der Waals surface area contributed by atoms with Crippen LogP contribution in [0.1, 0.15) is 24.2 Å². The van der Waals surface area contributed by atoms with Crippen LogP contribution in [0.4, 0.5) is 13.9 Å². The Balaban J connectivity index is 1.84. The molecule has 0 bridgehead atoms. The van der Waals surface area contributed by atoms with Crippen LogP contribution >= 0.6 is 11.3 Å². The van der Waals surface area contributed by atoms with Gasteiger partial charge < -0.3 is 5.32 Å². The first-order chi connectivity index (χ1) is 13.3. The Morgan fingerprint density at radius 1 is 1.07 bits per heavy atom. The van der Waals surface area contributed by atoms with Crippen LogP contribution < -0.4 is 10.2 Å². The van der Waals surface area contributed by atoms with Gasteiger partial charge in [0.2, 0.25) is 0 Å². The molecule has 3 aromatic rings. The van der Waals surface area contributed by atoms with Crippen molar-refractivity contribution in [3.63, 3.8) is 0 Å². The molecule has 28 heavy (non-hydrogen) atoms. The largest absolute Gasteiger partial charge is 0.340 e. The predicted octanol–water partition coefficient (Wildman–Crippen LogP) is 3.99. The van der Waals surface area contributed by atoms with Crippen molar-refractivity contribution in [3.8, 4) is 0 Å². The number of nitrogens with zero attached hydrogens (tertiary/aromatic N) is 2. The molecule has 5 nitrogen and oxygen atoms in total. The molecule has 146 valence electrons. The average molecular weight is 403 g/mol. The fourth-order valence-electron chi connectivity index (χ4n) is 2.75. The summed E-state index contributed by atoms with van der Waals surface area (Å²) in [6, 6.07) is 9.68. The van der Waals surface area contributed by atoms with E-state index in [2.05, 4.69) is 10.3 Å². The molecule has 0 radical (unpaired) electrons. The summed E-state index contributed by atoms with van der Waals surface area (Å²) >= 11 is 1.34. The molecule has 1 heterocycles. The summed E-state index contributed by atoms with van der Waals surface area (Å²) in [6.45, 7) is 3.49. The minimum Gasteiger partial charge on any atom is -0.340 e. The van der Waals surface area contributed by atoms with Gasteiger partial charge in [-0.2, -0.15) is 0 Å². The molecule has 2 amide bonds. The second-order valence-corrected chi connectivity index (χ2v) is 7.66. The van der Waals surface area contributed by atoms with Crippen LogP contribution in [-0.4, -0.2) is 29.9 Å². The number of likely N-dealkylation sites (N-methyl/N-ethyl adjacent to an activating group) is 1. The second-order valence-electron chi connectivity index (χ2n) is 6.65. The van der Waals surface area contributed by atoms with E-state index in [1.165, 1.54) is 22.3 Å². The lowest BCUT2D eigenvalue weighted by Crippen LogP contribution is -2.50. The van der Waals surface area contributed by atoms with Gasteiger partial charge in [-0.05, 0) is 30.2 Å². The number of fused-ring (bicyclic) bond motifs is 1. The van der Waals surface area contributed by atoms with E-state index in [-0.39, 0.29) is 5.92 Å². The molecule has 1 unspecified atom stereocenters. The van der Waals surface area contributed by atoms with E-state index < -0.39 is 35.1 Å². The fraction of sp³-hybridized carbons (Fsp3) is 0.250. The molecule has 0 spiro atoms. The molecular formula is C20H19F2N3O2S. The lowest BCUT2D eigenvalue weighted by atomic mass is 10.0. The first-order valence-electron chi connectivity index (χ1n) is 8.67. The number of carbonyl (C=O) groups excluding carboxylic acids is 2. The van der Waals surface area contributed by atoms with Crippen molar-refractivity contribution in [2.75, 3.05) is 11.9 Å². The zero-order valence-electron chi connectivity index (χ0n) is 15.6. The van der Waals surface area contributed by atoms with Crippen molar-refractivity contribution < 1.29 is 18.4 Å². The Kier molecular flexibility index (Phi) is 5.69. The summed E-state index contributed by atoms with van der Waals surface area (Å²) in [5.74, 6) is -3.65. The van der Waals surface area contributed by atoms with Crippen LogP contribution in [0, 0.1) is 17.6 Å². The number of nitrogens with one attached hydrogen (secondary N) is 1. The first-order valence-corrected chi connectivity index (χ1v) is 9.49. The van der Waals surface area contributed by atoms with E-state index in [1.54, 1.807) is 20.9 Å². The van der Waals surface area contributed by atoms with Crippen molar-refractivity contribution in [3.05, 3.63) is 59.7 Å². The van der Waals surface area contributed by atoms with Gasteiger partial charge in [0, 0.05) is 7.05 Å². The maximum absolute atomic E-state index is 13.9. The number of thiazole rings is 1. The number of amides is 2. The summed E-state index contributed by atoms with van der Waals surface area (Å²) in [4.78, 5) is 31.2. The fourth-order valence-corrected chi connectivity index (χ4v) is 3.68. The Hall–Kier alpha value is -2.87. The Bertz CT molecular complexity index is 982. The molecule has 1 atom stereocenters. The zero-order valence-corrected chi connectivity index (χ0v) is 16.4. The maximum atomic E-state index is 13.9. The lowest BCUT2D eigenvalue weighted by Gasteiger charge is -2.25. The van der Waals surface area contributed by atoms with Gasteiger partial charge in [-0.3, -0.25) is 14.5 Å². The van der Waals surface area contributed by atoms with Crippen molar-refractivity contribution in [2.45, 2.75) is 19.9 Å². The summed E-state index contributed by atoms with van der Waals surface area (Å²) in [5.41, 5.74) is 0.0595. The predicted molar refractivity (Wildman–Crippen MR) is 105 cm³/mol. The number of rotatable bonds is 5. The molecule has 0 fully saturated rings. The van der Waals surface area contributed by atoms with E-state index in [4.69, 9.17) is 0 Å². The number of hydrogen-bond donors (Lipinski definition) is 1. The second kappa shape index (κ2) is 8.02. The van der Waals surface area contributed by atoms with Gasteiger partial charge in [0.1, 0.15) is 23.2 Å². The summed E-state index contributed by atoms with van der Waals surface area (Å²) in [6.07, 6.45) is 0. The number of para-hydroxylation sites is 1. The first kappa shape index (κ1) is 19.9. The smallest absolute Gasteiger partial charge is 0.257 e. The van der Waals surface area contributed by atoms with Gasteiger partial charge in [0.25, 0.3) is 11.8 Å². The lowest BCUT2D eigenvalue weighted by molar-refractivity contribution is -0.121. The van der Waals surface area contributed by atoms with E-state index in [0.717, 1.165) is 22.3 Å². The normalized spacial score (nSPS) is 12.2. The van der Waals surface area contributed by atoms with Crippen molar-refractivity contribution in [1.29, 1.82) is 0 Å². The molecular weight excluding hydrogens is 384 g/mol. The van der Waals surface area contributed by atoms with Crippen LogP contribution in [0.2, 0.25) is 0 Å². The zero-order chi connectivity index (χ0) is 20.4. The van der Waals surface area contributed by atoms with Crippen LogP contribution in [0.5, 0.6) is 0 Å². The maximum Gasteiger partial charge on any atom is 0.257 e. The minimum absolute atomic E-state index is 0.303. The minimum atomic E-state index is -0.980. The van der Waals surface area contributed by atoms with Crippen molar-refractivity contribution in [1.82, 2.24) is 10.3 Å². The van der Waals surface area contributed by atoms with Gasteiger partial charge in [0.05, 0.1) is 10.2 Å². The topological polar surface area (TPSA) is 62.3 Å². The number of halogens is 2. The summed E-state index contributed by atoms with van der Waals surface area (Å²) < 4.78 is 28.7. The number of hydrogen-bond acceptors (Lipinski definition) is 4. The number of aromatic nitrogens is 1. The van der Waals surface area contributed by atoms with Gasteiger partial charge in [0.15, 0.2) is 5.13 Å². The molecule has 1 aromatic heterocycles. The van der Waals surface area contributed by atoms with Crippen LogP contribution in [-0.2, 0) is 4.79 Å². The van der Waals surface area contributed by atoms with Crippen LogP contribution in [0.25, 0.3) is 10.2 Å². The highest BCUT2D eigenvalue weighted by molar-refractivity contribution is 7.22. The molecule has 1 N–H and O–H groups in total. The number of anilines is 1. The Morgan fingerprint density at radius 2 is 1.71 bits per heavy atom. The van der Waals surface area contributed by atoms with E-state index in [9.17, 15) is 18.4 Å².